The van der Waals surface area contributed by atoms with Gasteiger partial charge in [0, 0.05) is 42.4 Å². The van der Waals surface area contributed by atoms with Crippen molar-refractivity contribution in [2.45, 2.75) is 56.8 Å². The number of aliphatic hydroxyl groups excluding tert-OH is 1. The van der Waals surface area contributed by atoms with E-state index in [1.165, 1.54) is 18.4 Å². The summed E-state index contributed by atoms with van der Waals surface area (Å²) in [6, 6.07) is 2.04. The minimum Gasteiger partial charge on any atom is -0.382 e. The number of likely N-dealkylation sites (N-methyl/N-ethyl adjacent to an activating group) is 1. The van der Waals surface area contributed by atoms with Crippen molar-refractivity contribution in [2.75, 3.05) is 26.7 Å². The molecule has 0 aliphatic carbocycles. The van der Waals surface area contributed by atoms with Gasteiger partial charge in [-0.25, -0.2) is 8.78 Å². The maximum atomic E-state index is 12.8. The van der Waals surface area contributed by atoms with E-state index in [2.05, 4.69) is 17.1 Å². The quantitative estimate of drug-likeness (QED) is 0.809. The Morgan fingerprint density at radius 3 is 3.00 bits per heavy atom. The Morgan fingerprint density at radius 2 is 2.35 bits per heavy atom. The number of β-amino-alcohol motifs (C(OH)–C–C–N with tert-alkyl or cyclic N) is 1. The van der Waals surface area contributed by atoms with Gasteiger partial charge in [-0.2, -0.15) is 0 Å². The third-order valence-electron chi connectivity index (χ3n) is 5.39. The number of ether oxygens (including phenoxy) is 1. The highest BCUT2D eigenvalue weighted by Crippen LogP contribution is 2.47. The Morgan fingerprint density at radius 1 is 1.58 bits per heavy atom. The normalized spacial score (nSPS) is 27.5. The van der Waals surface area contributed by atoms with Crippen molar-refractivity contribution in [3.8, 4) is 0 Å². The number of likely N-dealkylation sites (tertiary alicyclic amines) is 1. The van der Waals surface area contributed by atoms with Crippen molar-refractivity contribution in [3.63, 3.8) is 0 Å². The lowest BCUT2D eigenvalue weighted by Gasteiger charge is -2.47. The molecule has 1 aromatic heterocycles. The summed E-state index contributed by atoms with van der Waals surface area (Å²) in [7, 11) is 1.51. The number of amides is 1. The topological polar surface area (TPSA) is 61.8 Å². The first-order valence-corrected chi connectivity index (χ1v) is 9.84. The molecule has 26 heavy (non-hydrogen) atoms. The van der Waals surface area contributed by atoms with Crippen molar-refractivity contribution >= 4 is 17.2 Å². The van der Waals surface area contributed by atoms with Crippen LogP contribution < -0.4 is 5.32 Å². The van der Waals surface area contributed by atoms with E-state index in [0.29, 0.717) is 13.2 Å². The average Bonchev–Trinajstić information content (AvgIpc) is 3.00. The molecule has 146 valence electrons. The fraction of sp³-hybridized carbons (Fsp3) is 0.722. The number of hydrogen-bond acceptors (Lipinski definition) is 5. The molecule has 3 atom stereocenters. The zero-order chi connectivity index (χ0) is 18.9. The van der Waals surface area contributed by atoms with Crippen molar-refractivity contribution in [1.82, 2.24) is 10.2 Å². The van der Waals surface area contributed by atoms with Gasteiger partial charge in [-0.3, -0.25) is 9.69 Å². The summed E-state index contributed by atoms with van der Waals surface area (Å²) in [6.07, 6.45) is -1.36. The molecule has 2 aliphatic rings. The van der Waals surface area contributed by atoms with Crippen LogP contribution in [0, 0.1) is 0 Å². The van der Waals surface area contributed by atoms with Gasteiger partial charge in [-0.05, 0) is 37.8 Å². The first-order chi connectivity index (χ1) is 12.3. The van der Waals surface area contributed by atoms with E-state index in [-0.39, 0.29) is 24.9 Å². The fourth-order valence-corrected chi connectivity index (χ4v) is 5.46. The maximum Gasteiger partial charge on any atom is 0.249 e. The number of carbonyl (C=O) groups is 1. The van der Waals surface area contributed by atoms with Gasteiger partial charge in [0.1, 0.15) is 11.7 Å². The SMILES string of the molecule is CNC(=O)[C@H](O)CN1CC[C@]2(C[C@@H]1C)OCCc1cc(CC(F)F)sc12. The highest BCUT2D eigenvalue weighted by Gasteiger charge is 2.45. The monoisotopic (exact) mass is 388 g/mol. The Bertz CT molecular complexity index is 654. The van der Waals surface area contributed by atoms with E-state index < -0.39 is 18.1 Å². The Hall–Kier alpha value is -1.09. The number of thiophene rings is 1. The molecule has 8 heteroatoms. The van der Waals surface area contributed by atoms with E-state index in [9.17, 15) is 18.7 Å². The third-order valence-corrected chi connectivity index (χ3v) is 6.77. The second kappa shape index (κ2) is 7.88. The van der Waals surface area contributed by atoms with Crippen molar-refractivity contribution < 1.29 is 23.4 Å². The van der Waals surface area contributed by atoms with Crippen LogP contribution in [-0.4, -0.2) is 61.2 Å². The van der Waals surface area contributed by atoms with Gasteiger partial charge in [-0.15, -0.1) is 11.3 Å². The Balaban J connectivity index is 1.74. The van der Waals surface area contributed by atoms with Crippen LogP contribution in [0.1, 0.15) is 35.1 Å². The average molecular weight is 388 g/mol. The summed E-state index contributed by atoms with van der Waals surface area (Å²) in [5.41, 5.74) is 0.718. The standard InChI is InChI=1S/C18H26F2N2O3S/c1-11-9-18(4-5-22(11)10-14(23)17(24)21-2)16-12(3-6-25-18)7-13(26-16)8-15(19)20/h7,11,14-15,23H,3-6,8-10H2,1-2H3,(H,21,24)/t11-,14+,18+/m0/s1. The second-order valence-electron chi connectivity index (χ2n) is 7.18. The predicted molar refractivity (Wildman–Crippen MR) is 95.7 cm³/mol. The molecule has 1 saturated heterocycles. The summed E-state index contributed by atoms with van der Waals surface area (Å²) in [5.74, 6) is -0.386. The molecule has 3 rings (SSSR count). The lowest BCUT2D eigenvalue weighted by Crippen LogP contribution is -2.53. The van der Waals surface area contributed by atoms with Gasteiger partial charge < -0.3 is 15.2 Å². The van der Waals surface area contributed by atoms with Crippen LogP contribution in [0.3, 0.4) is 0 Å². The van der Waals surface area contributed by atoms with Crippen molar-refractivity contribution in [3.05, 3.63) is 21.4 Å². The zero-order valence-corrected chi connectivity index (χ0v) is 16.0. The molecule has 0 saturated carbocycles. The largest absolute Gasteiger partial charge is 0.382 e. The van der Waals surface area contributed by atoms with Gasteiger partial charge in [0.05, 0.1) is 6.61 Å². The van der Waals surface area contributed by atoms with Crippen molar-refractivity contribution in [2.24, 2.45) is 0 Å². The van der Waals surface area contributed by atoms with Crippen molar-refractivity contribution in [1.29, 1.82) is 0 Å². The Kier molecular flexibility index (Phi) is 5.96. The molecule has 1 amide bonds. The highest BCUT2D eigenvalue weighted by molar-refractivity contribution is 7.12. The number of piperidine rings is 1. The number of nitrogens with one attached hydrogen (secondary N) is 1. The van der Waals surface area contributed by atoms with Crippen LogP contribution in [-0.2, 0) is 28.0 Å². The van der Waals surface area contributed by atoms with Gasteiger partial charge in [0.25, 0.3) is 0 Å². The molecule has 0 unspecified atom stereocenters. The van der Waals surface area contributed by atoms with E-state index in [0.717, 1.165) is 34.6 Å². The minimum absolute atomic E-state index is 0.120. The molecule has 0 bridgehead atoms. The van der Waals surface area contributed by atoms with Crippen LogP contribution in [0.2, 0.25) is 0 Å². The van der Waals surface area contributed by atoms with E-state index in [4.69, 9.17) is 4.74 Å². The molecule has 0 radical (unpaired) electrons. The molecule has 2 N–H and O–H groups in total. The first kappa shape index (κ1) is 19.7. The highest BCUT2D eigenvalue weighted by atomic mass is 32.1. The number of alkyl halides is 2. The number of carbonyl (C=O) groups excluding carboxylic acids is 1. The predicted octanol–water partition coefficient (Wildman–Crippen LogP) is 1.91. The number of aliphatic hydroxyl groups is 1. The van der Waals surface area contributed by atoms with E-state index in [1.54, 1.807) is 0 Å². The maximum absolute atomic E-state index is 12.8. The number of hydrogen-bond donors (Lipinski definition) is 2. The summed E-state index contributed by atoms with van der Waals surface area (Å²) in [5, 5.41) is 12.4. The minimum atomic E-state index is -2.33. The van der Waals surface area contributed by atoms with Gasteiger partial charge in [0.2, 0.25) is 12.3 Å². The first-order valence-electron chi connectivity index (χ1n) is 9.02. The molecule has 1 spiro atoms. The molecule has 1 fully saturated rings. The molecule has 0 aromatic carbocycles. The number of nitrogens with zero attached hydrogens (tertiary/aromatic N) is 1. The van der Waals surface area contributed by atoms with Crippen LogP contribution in [0.4, 0.5) is 8.78 Å². The van der Waals surface area contributed by atoms with Gasteiger partial charge >= 0.3 is 0 Å². The molecule has 3 heterocycles. The third kappa shape index (κ3) is 3.93. The lowest BCUT2D eigenvalue weighted by molar-refractivity contribution is -0.133. The smallest absolute Gasteiger partial charge is 0.249 e. The number of rotatable bonds is 5. The summed E-state index contributed by atoms with van der Waals surface area (Å²) in [6.45, 7) is 3.63. The molecular weight excluding hydrogens is 362 g/mol. The zero-order valence-electron chi connectivity index (χ0n) is 15.1. The molecule has 1 aromatic rings. The fourth-order valence-electron chi connectivity index (χ4n) is 4.07. The summed E-state index contributed by atoms with van der Waals surface area (Å²) >= 11 is 1.46. The summed E-state index contributed by atoms with van der Waals surface area (Å²) < 4.78 is 31.7. The van der Waals surface area contributed by atoms with Crippen LogP contribution >= 0.6 is 11.3 Å². The van der Waals surface area contributed by atoms with Gasteiger partial charge in [-0.1, -0.05) is 0 Å². The Labute approximate surface area is 156 Å². The number of halogens is 2. The van der Waals surface area contributed by atoms with E-state index >= 15 is 0 Å². The number of fused-ring (bicyclic) bond motifs is 2. The lowest BCUT2D eigenvalue weighted by atomic mass is 9.82. The van der Waals surface area contributed by atoms with Crippen LogP contribution in [0.15, 0.2) is 6.07 Å². The molecule has 5 nitrogen and oxygen atoms in total. The van der Waals surface area contributed by atoms with Gasteiger partial charge in [0.15, 0.2) is 0 Å². The van der Waals surface area contributed by atoms with Crippen LogP contribution in [0.25, 0.3) is 0 Å². The van der Waals surface area contributed by atoms with E-state index in [1.807, 2.05) is 6.07 Å². The second-order valence-corrected chi connectivity index (χ2v) is 8.32. The summed E-state index contributed by atoms with van der Waals surface area (Å²) in [4.78, 5) is 15.5. The molecule has 2 aliphatic heterocycles. The van der Waals surface area contributed by atoms with Crippen LogP contribution in [0.5, 0.6) is 0 Å². The molecular formula is C18H26F2N2O3S.